The fraction of sp³-hybridized carbons (Fsp3) is 0.360. The lowest BCUT2D eigenvalue weighted by Crippen LogP contribution is -2.47. The van der Waals surface area contributed by atoms with Crippen LogP contribution in [0.15, 0.2) is 30.5 Å². The number of nitrogens with one attached hydrogen (secondary N) is 2. The Balaban J connectivity index is 1.56. The Kier molecular flexibility index (Phi) is 6.31. The number of aliphatic hydroxyl groups excluding tert-OH is 1. The van der Waals surface area contributed by atoms with Crippen LogP contribution in [0.3, 0.4) is 0 Å². The molecule has 0 amide bonds. The Bertz CT molecular complexity index is 1420. The third-order valence-electron chi connectivity index (χ3n) is 6.70. The highest BCUT2D eigenvalue weighted by Crippen LogP contribution is 2.39. The molecule has 3 aromatic heterocycles. The van der Waals surface area contributed by atoms with Crippen molar-refractivity contribution in [1.29, 1.82) is 0 Å². The molecule has 0 spiro atoms. The smallest absolute Gasteiger partial charge is 0.225 e. The second-order valence-corrected chi connectivity index (χ2v) is 10.2. The maximum absolute atomic E-state index is 14.1. The summed E-state index contributed by atoms with van der Waals surface area (Å²) in [5, 5.41) is 28.0. The van der Waals surface area contributed by atoms with Gasteiger partial charge in [-0.3, -0.25) is 4.98 Å². The largest absolute Gasteiger partial charge is 0.390 e. The summed E-state index contributed by atoms with van der Waals surface area (Å²) in [5.74, 6) is -0.756. The number of pyridine rings is 1. The van der Waals surface area contributed by atoms with Gasteiger partial charge in [-0.15, -0.1) is 11.3 Å². The van der Waals surface area contributed by atoms with Crippen LogP contribution in [0.25, 0.3) is 20.8 Å². The van der Waals surface area contributed by atoms with Gasteiger partial charge < -0.3 is 20.8 Å². The number of thiazole rings is 1. The molecule has 1 aliphatic carbocycles. The van der Waals surface area contributed by atoms with Gasteiger partial charge in [-0.05, 0) is 51.8 Å². The van der Waals surface area contributed by atoms with Crippen molar-refractivity contribution in [2.24, 2.45) is 0 Å². The van der Waals surface area contributed by atoms with Crippen LogP contribution in [-0.4, -0.2) is 47.9 Å². The van der Waals surface area contributed by atoms with Crippen molar-refractivity contribution >= 4 is 33.3 Å². The molecule has 4 aromatic rings. The van der Waals surface area contributed by atoms with Crippen LogP contribution in [0.4, 0.5) is 20.5 Å². The van der Waals surface area contributed by atoms with E-state index in [9.17, 15) is 19.0 Å². The van der Waals surface area contributed by atoms with E-state index in [0.717, 1.165) is 15.9 Å². The molecule has 0 bridgehead atoms. The van der Waals surface area contributed by atoms with Gasteiger partial charge in [0.2, 0.25) is 5.95 Å². The molecule has 3 heterocycles. The molecule has 0 unspecified atom stereocenters. The number of aromatic nitrogens is 4. The van der Waals surface area contributed by atoms with Gasteiger partial charge in [0.25, 0.3) is 0 Å². The van der Waals surface area contributed by atoms with Crippen molar-refractivity contribution in [3.8, 4) is 10.6 Å². The first kappa shape index (κ1) is 24.4. The molecule has 1 saturated carbocycles. The Labute approximate surface area is 210 Å². The number of hydrogen-bond acceptors (Lipinski definition) is 9. The number of halogens is 2. The molecule has 1 fully saturated rings. The zero-order valence-electron chi connectivity index (χ0n) is 20.0. The van der Waals surface area contributed by atoms with Crippen LogP contribution >= 0.6 is 11.3 Å². The predicted molar refractivity (Wildman–Crippen MR) is 135 cm³/mol. The first-order chi connectivity index (χ1) is 17.1. The third-order valence-corrected chi connectivity index (χ3v) is 7.74. The summed E-state index contributed by atoms with van der Waals surface area (Å²) in [6.07, 6.45) is 1.82. The number of rotatable bonds is 6. The standard InChI is InChI=1S/C25H26F2N6O2S/c1-12-20(23-32-21-13(2)28-10-9-17(21)36-23)22(31-18-7-8-19(34)25(18,3)35)33-24(30-12)29-11-14-15(26)5-4-6-16(14)27/h4-6,9-10,18-19,34-35H,7-8,11H2,1-3H3,(H2,29,30,31,33)/t18-,19-,25+/m1/s1. The molecule has 8 nitrogen and oxygen atoms in total. The van der Waals surface area contributed by atoms with E-state index >= 15 is 0 Å². The Hall–Kier alpha value is -3.28. The minimum Gasteiger partial charge on any atom is -0.390 e. The zero-order valence-corrected chi connectivity index (χ0v) is 20.8. The quantitative estimate of drug-likeness (QED) is 0.302. The maximum atomic E-state index is 14.1. The number of benzene rings is 1. The molecule has 188 valence electrons. The summed E-state index contributed by atoms with van der Waals surface area (Å²) in [7, 11) is 0. The minimum atomic E-state index is -1.37. The predicted octanol–water partition coefficient (Wildman–Crippen LogP) is 4.34. The maximum Gasteiger partial charge on any atom is 0.225 e. The van der Waals surface area contributed by atoms with Crippen LogP contribution in [0.1, 0.15) is 36.7 Å². The lowest BCUT2D eigenvalue weighted by molar-refractivity contribution is -0.0439. The van der Waals surface area contributed by atoms with E-state index in [-0.39, 0.29) is 18.1 Å². The van der Waals surface area contributed by atoms with Gasteiger partial charge in [0, 0.05) is 18.3 Å². The number of aliphatic hydroxyl groups is 2. The van der Waals surface area contributed by atoms with Crippen LogP contribution in [0.5, 0.6) is 0 Å². The number of fused-ring (bicyclic) bond motifs is 1. The van der Waals surface area contributed by atoms with Gasteiger partial charge in [-0.1, -0.05) is 6.07 Å². The van der Waals surface area contributed by atoms with E-state index in [4.69, 9.17) is 4.98 Å². The van der Waals surface area contributed by atoms with Crippen molar-refractivity contribution in [3.63, 3.8) is 0 Å². The van der Waals surface area contributed by atoms with Crippen molar-refractivity contribution in [1.82, 2.24) is 19.9 Å². The fourth-order valence-electron chi connectivity index (χ4n) is 4.49. The summed E-state index contributed by atoms with van der Waals surface area (Å²) >= 11 is 1.47. The van der Waals surface area contributed by atoms with Crippen molar-refractivity contribution < 1.29 is 19.0 Å². The van der Waals surface area contributed by atoms with E-state index < -0.39 is 29.4 Å². The highest BCUT2D eigenvalue weighted by molar-refractivity contribution is 7.21. The molecule has 0 radical (unpaired) electrons. The summed E-state index contributed by atoms with van der Waals surface area (Å²) in [6.45, 7) is 5.13. The highest BCUT2D eigenvalue weighted by atomic mass is 32.1. The van der Waals surface area contributed by atoms with E-state index in [1.165, 1.54) is 29.5 Å². The SMILES string of the molecule is Cc1nc(NCc2c(F)cccc2F)nc(N[C@@H]2CC[C@@H](O)[C@@]2(C)O)c1-c1nc2c(C)nccc2s1. The minimum absolute atomic E-state index is 0.117. The molecule has 1 aliphatic rings. The van der Waals surface area contributed by atoms with Crippen LogP contribution in [0.2, 0.25) is 0 Å². The van der Waals surface area contributed by atoms with Crippen molar-refractivity contribution in [2.45, 2.75) is 57.9 Å². The van der Waals surface area contributed by atoms with Gasteiger partial charge in [0.1, 0.15) is 33.6 Å². The molecule has 0 saturated heterocycles. The Morgan fingerprint density at radius 2 is 1.83 bits per heavy atom. The number of anilines is 2. The van der Waals surface area contributed by atoms with E-state index in [1.807, 2.05) is 13.0 Å². The highest BCUT2D eigenvalue weighted by Gasteiger charge is 2.45. The summed E-state index contributed by atoms with van der Waals surface area (Å²) in [5.41, 5.74) is 1.34. The van der Waals surface area contributed by atoms with Gasteiger partial charge >= 0.3 is 0 Å². The molecule has 0 aliphatic heterocycles. The molecular weight excluding hydrogens is 486 g/mol. The first-order valence-corrected chi connectivity index (χ1v) is 12.4. The Morgan fingerprint density at radius 3 is 2.50 bits per heavy atom. The second-order valence-electron chi connectivity index (χ2n) is 9.19. The third kappa shape index (κ3) is 4.38. The second kappa shape index (κ2) is 9.30. The normalized spacial score (nSPS) is 21.8. The van der Waals surface area contributed by atoms with Crippen molar-refractivity contribution in [2.75, 3.05) is 10.6 Å². The molecule has 3 atom stereocenters. The average Bonchev–Trinajstić information content (AvgIpc) is 3.35. The summed E-state index contributed by atoms with van der Waals surface area (Å²) < 4.78 is 29.2. The molecule has 36 heavy (non-hydrogen) atoms. The number of nitrogens with zero attached hydrogens (tertiary/aromatic N) is 4. The van der Waals surface area contributed by atoms with E-state index in [1.54, 1.807) is 20.0 Å². The van der Waals surface area contributed by atoms with Crippen LogP contribution in [-0.2, 0) is 6.54 Å². The molecular formula is C25H26F2N6O2S. The molecule has 4 N–H and O–H groups in total. The summed E-state index contributed by atoms with van der Waals surface area (Å²) in [6, 6.07) is 5.11. The fourth-order valence-corrected chi connectivity index (χ4v) is 5.61. The summed E-state index contributed by atoms with van der Waals surface area (Å²) in [4.78, 5) is 18.2. The van der Waals surface area contributed by atoms with E-state index in [2.05, 4.69) is 25.6 Å². The molecule has 5 rings (SSSR count). The van der Waals surface area contributed by atoms with Gasteiger partial charge in [0.15, 0.2) is 0 Å². The Morgan fingerprint density at radius 1 is 1.08 bits per heavy atom. The topological polar surface area (TPSA) is 116 Å². The first-order valence-electron chi connectivity index (χ1n) is 11.6. The monoisotopic (exact) mass is 512 g/mol. The van der Waals surface area contributed by atoms with Crippen molar-refractivity contribution in [3.05, 3.63) is 59.0 Å². The van der Waals surface area contributed by atoms with Gasteiger partial charge in [-0.25, -0.2) is 18.7 Å². The van der Waals surface area contributed by atoms with Crippen LogP contribution in [0, 0.1) is 25.5 Å². The van der Waals surface area contributed by atoms with Gasteiger partial charge in [-0.2, -0.15) is 4.98 Å². The van der Waals surface area contributed by atoms with Gasteiger partial charge in [0.05, 0.1) is 33.8 Å². The number of aryl methyl sites for hydroxylation is 2. The molecule has 1 aromatic carbocycles. The van der Waals surface area contributed by atoms with E-state index in [0.29, 0.717) is 34.9 Å². The zero-order chi connectivity index (χ0) is 25.6. The van der Waals surface area contributed by atoms with Crippen LogP contribution < -0.4 is 10.6 Å². The lowest BCUT2D eigenvalue weighted by Gasteiger charge is -2.30. The average molecular weight is 513 g/mol. The lowest BCUT2D eigenvalue weighted by atomic mass is 9.98. The molecule has 11 heteroatoms. The number of hydrogen-bond donors (Lipinski definition) is 4.